The van der Waals surface area contributed by atoms with Crippen LogP contribution in [0.25, 0.3) is 11.3 Å². The van der Waals surface area contributed by atoms with Crippen LogP contribution in [0.15, 0.2) is 83.1 Å². The highest BCUT2D eigenvalue weighted by Gasteiger charge is 2.10. The highest BCUT2D eigenvalue weighted by atomic mass is 16.5. The molecule has 5 nitrogen and oxygen atoms in total. The number of nitrogen functional groups attached to an aromatic ring is 1. The van der Waals surface area contributed by atoms with Gasteiger partial charge in [-0.25, -0.2) is 4.98 Å². The zero-order valence-electron chi connectivity index (χ0n) is 14.6. The van der Waals surface area contributed by atoms with Gasteiger partial charge in [-0.1, -0.05) is 42.1 Å². The van der Waals surface area contributed by atoms with Crippen molar-refractivity contribution in [2.45, 2.75) is 13.3 Å². The Balaban J connectivity index is 1.76. The molecule has 0 amide bonds. The van der Waals surface area contributed by atoms with E-state index in [4.69, 9.17) is 10.3 Å². The fraction of sp³-hybridized carbons (Fsp3) is 0.0952. The van der Waals surface area contributed by atoms with Gasteiger partial charge in [0.15, 0.2) is 5.76 Å². The van der Waals surface area contributed by atoms with Crippen LogP contribution in [0.4, 0.5) is 5.82 Å². The summed E-state index contributed by atoms with van der Waals surface area (Å²) < 4.78 is 5.42. The Hall–Kier alpha value is -3.47. The van der Waals surface area contributed by atoms with E-state index in [2.05, 4.69) is 33.8 Å². The molecular weight excluding hydrogens is 324 g/mol. The van der Waals surface area contributed by atoms with Crippen LogP contribution < -0.4 is 5.73 Å². The predicted molar refractivity (Wildman–Crippen MR) is 105 cm³/mol. The van der Waals surface area contributed by atoms with Crippen LogP contribution in [0.3, 0.4) is 0 Å². The Labute approximate surface area is 152 Å². The number of anilines is 1. The molecule has 0 atom stereocenters. The van der Waals surface area contributed by atoms with Crippen molar-refractivity contribution in [2.24, 2.45) is 4.99 Å². The summed E-state index contributed by atoms with van der Waals surface area (Å²) in [6.45, 7) is 5.75. The van der Waals surface area contributed by atoms with Crippen LogP contribution in [-0.2, 0) is 6.42 Å². The van der Waals surface area contributed by atoms with Crippen LogP contribution in [0.1, 0.15) is 23.7 Å². The molecular formula is C21H20N4O. The number of aliphatic imine (C=N–C) groups is 1. The summed E-state index contributed by atoms with van der Waals surface area (Å²) in [5.74, 6) is 1.05. The number of allylic oxidation sites excluding steroid dienone is 2. The first-order valence-electron chi connectivity index (χ1n) is 8.28. The minimum absolute atomic E-state index is 0.428. The van der Waals surface area contributed by atoms with Crippen LogP contribution >= 0.6 is 0 Å². The first kappa shape index (κ1) is 17.4. The minimum Gasteiger partial charge on any atom is -0.383 e. The molecule has 0 aliphatic carbocycles. The average molecular weight is 344 g/mol. The van der Waals surface area contributed by atoms with Crippen LogP contribution in [0.2, 0.25) is 0 Å². The molecule has 0 radical (unpaired) electrons. The van der Waals surface area contributed by atoms with E-state index in [9.17, 15) is 0 Å². The molecule has 2 N–H and O–H groups in total. The van der Waals surface area contributed by atoms with Gasteiger partial charge >= 0.3 is 0 Å². The van der Waals surface area contributed by atoms with Crippen LogP contribution in [0, 0.1) is 0 Å². The Morgan fingerprint density at radius 3 is 2.77 bits per heavy atom. The molecule has 1 aromatic carbocycles. The molecule has 2 heterocycles. The summed E-state index contributed by atoms with van der Waals surface area (Å²) >= 11 is 0. The highest BCUT2D eigenvalue weighted by Crippen LogP contribution is 2.25. The lowest BCUT2D eigenvalue weighted by Gasteiger charge is -2.02. The van der Waals surface area contributed by atoms with Gasteiger partial charge in [0.1, 0.15) is 5.82 Å². The van der Waals surface area contributed by atoms with Gasteiger partial charge in [-0.3, -0.25) is 4.99 Å². The predicted octanol–water partition coefficient (Wildman–Crippen LogP) is 4.42. The quantitative estimate of drug-likeness (QED) is 0.672. The molecule has 0 unspecified atom stereocenters. The van der Waals surface area contributed by atoms with E-state index < -0.39 is 0 Å². The van der Waals surface area contributed by atoms with Gasteiger partial charge in [0, 0.05) is 30.4 Å². The molecule has 3 aromatic rings. The number of nitrogens with zero attached hydrogens (tertiary/aromatic N) is 3. The van der Waals surface area contributed by atoms with Crippen molar-refractivity contribution in [1.82, 2.24) is 10.1 Å². The summed E-state index contributed by atoms with van der Waals surface area (Å²) in [5.41, 5.74) is 10.5. The van der Waals surface area contributed by atoms with Gasteiger partial charge in [-0.05, 0) is 30.7 Å². The number of pyridine rings is 1. The van der Waals surface area contributed by atoms with E-state index in [0.717, 1.165) is 28.1 Å². The standard InChI is InChI=1S/C21H20N4O/c1-3-11-23-19(4-2)16-9-7-15(8-10-16)13-17-14-20(26-25-17)18-6-5-12-24-21(18)22/h3-12,14H,2,13H2,1H3,(H2,22,24)/b11-3-,23-19?. The number of hydrogen-bond acceptors (Lipinski definition) is 5. The zero-order chi connectivity index (χ0) is 18.4. The van der Waals surface area contributed by atoms with E-state index in [1.165, 1.54) is 0 Å². The fourth-order valence-electron chi connectivity index (χ4n) is 2.55. The molecule has 2 aromatic heterocycles. The van der Waals surface area contributed by atoms with Crippen LogP contribution in [0.5, 0.6) is 0 Å². The van der Waals surface area contributed by atoms with Gasteiger partial charge in [0.25, 0.3) is 0 Å². The molecule has 0 saturated carbocycles. The average Bonchev–Trinajstić information content (AvgIpc) is 3.12. The second kappa shape index (κ2) is 8.07. The maximum atomic E-state index is 5.88. The number of aromatic nitrogens is 2. The molecule has 0 spiro atoms. The molecule has 3 rings (SSSR count). The van der Waals surface area contributed by atoms with Gasteiger partial charge in [-0.2, -0.15) is 0 Å². The Morgan fingerprint density at radius 1 is 1.27 bits per heavy atom. The number of hydrogen-bond donors (Lipinski definition) is 1. The maximum Gasteiger partial charge on any atom is 0.170 e. The minimum atomic E-state index is 0.428. The SMILES string of the molecule is C=CC(=N/C=C\C)c1ccc(Cc2cc(-c3cccnc3N)on2)cc1. The summed E-state index contributed by atoms with van der Waals surface area (Å²) in [6, 6.07) is 13.7. The first-order chi connectivity index (χ1) is 12.7. The van der Waals surface area contributed by atoms with Crippen molar-refractivity contribution in [3.05, 3.63) is 90.4 Å². The number of nitrogens with two attached hydrogens (primary N) is 1. The van der Waals surface area contributed by atoms with Crippen LogP contribution in [-0.4, -0.2) is 15.9 Å². The van der Waals surface area contributed by atoms with E-state index in [-0.39, 0.29) is 0 Å². The van der Waals surface area contributed by atoms with Gasteiger partial charge in [0.05, 0.1) is 17.0 Å². The first-order valence-corrected chi connectivity index (χ1v) is 8.28. The Kier molecular flexibility index (Phi) is 5.39. The van der Waals surface area contributed by atoms with Crippen molar-refractivity contribution in [2.75, 3.05) is 5.73 Å². The third kappa shape index (κ3) is 3.95. The Morgan fingerprint density at radius 2 is 2.08 bits per heavy atom. The maximum absolute atomic E-state index is 5.88. The monoisotopic (exact) mass is 344 g/mol. The molecule has 0 aliphatic rings. The third-order valence-corrected chi connectivity index (χ3v) is 3.85. The van der Waals surface area contributed by atoms with Crippen molar-refractivity contribution in [3.8, 4) is 11.3 Å². The largest absolute Gasteiger partial charge is 0.383 e. The van der Waals surface area contributed by atoms with Gasteiger partial charge < -0.3 is 10.3 Å². The zero-order valence-corrected chi connectivity index (χ0v) is 14.6. The summed E-state index contributed by atoms with van der Waals surface area (Å²) in [5, 5.41) is 4.14. The molecule has 0 bridgehead atoms. The van der Waals surface area contributed by atoms with Crippen molar-refractivity contribution < 1.29 is 4.52 Å². The van der Waals surface area contributed by atoms with Crippen molar-refractivity contribution >= 4 is 11.5 Å². The lowest BCUT2D eigenvalue weighted by atomic mass is 10.0. The smallest absolute Gasteiger partial charge is 0.170 e. The lowest BCUT2D eigenvalue weighted by molar-refractivity contribution is 0.425. The highest BCUT2D eigenvalue weighted by molar-refractivity contribution is 6.08. The van der Waals surface area contributed by atoms with E-state index in [1.54, 1.807) is 18.5 Å². The van der Waals surface area contributed by atoms with E-state index in [1.807, 2.05) is 43.3 Å². The van der Waals surface area contributed by atoms with Crippen molar-refractivity contribution in [1.29, 1.82) is 0 Å². The second-order valence-electron chi connectivity index (χ2n) is 5.69. The number of rotatable bonds is 6. The second-order valence-corrected chi connectivity index (χ2v) is 5.69. The normalized spacial score (nSPS) is 11.8. The molecule has 0 saturated heterocycles. The summed E-state index contributed by atoms with van der Waals surface area (Å²) in [4.78, 5) is 8.43. The number of benzene rings is 1. The van der Waals surface area contributed by atoms with Gasteiger partial charge in [-0.15, -0.1) is 0 Å². The Bertz CT molecular complexity index is 952. The topological polar surface area (TPSA) is 77.3 Å². The lowest BCUT2D eigenvalue weighted by Crippen LogP contribution is -1.96. The van der Waals surface area contributed by atoms with Gasteiger partial charge in [0.2, 0.25) is 0 Å². The molecule has 5 heteroatoms. The molecule has 0 fully saturated rings. The summed E-state index contributed by atoms with van der Waals surface area (Å²) in [6.07, 6.45) is 7.70. The van der Waals surface area contributed by atoms with Crippen molar-refractivity contribution in [3.63, 3.8) is 0 Å². The molecule has 26 heavy (non-hydrogen) atoms. The summed E-state index contributed by atoms with van der Waals surface area (Å²) in [7, 11) is 0. The van der Waals surface area contributed by atoms with E-state index in [0.29, 0.717) is 18.0 Å². The molecule has 0 aliphatic heterocycles. The van der Waals surface area contributed by atoms with E-state index >= 15 is 0 Å². The third-order valence-electron chi connectivity index (χ3n) is 3.85. The fourth-order valence-corrected chi connectivity index (χ4v) is 2.55. The molecule has 130 valence electrons.